The second kappa shape index (κ2) is 5.31. The maximum Gasteiger partial charge on any atom is 0.226 e. The van der Waals surface area contributed by atoms with Crippen LogP contribution in [-0.2, 0) is 4.79 Å². The second-order valence-corrected chi connectivity index (χ2v) is 5.53. The van der Waals surface area contributed by atoms with Crippen molar-refractivity contribution in [2.24, 2.45) is 5.92 Å². The molecule has 0 spiro atoms. The summed E-state index contributed by atoms with van der Waals surface area (Å²) in [6.07, 6.45) is 1.13. The summed E-state index contributed by atoms with van der Waals surface area (Å²) in [6.45, 7) is 3.84. The van der Waals surface area contributed by atoms with Crippen LogP contribution in [0.25, 0.3) is 0 Å². The van der Waals surface area contributed by atoms with Crippen LogP contribution >= 0.6 is 0 Å². The molecule has 2 fully saturated rings. The number of hydrogen-bond donors (Lipinski definition) is 3. The van der Waals surface area contributed by atoms with E-state index in [1.807, 2.05) is 25.1 Å². The van der Waals surface area contributed by atoms with E-state index in [9.17, 15) is 4.79 Å². The minimum absolute atomic E-state index is 0.0543. The van der Waals surface area contributed by atoms with Crippen LogP contribution in [0.3, 0.4) is 0 Å². The zero-order valence-corrected chi connectivity index (χ0v) is 11.2. The van der Waals surface area contributed by atoms with E-state index in [4.69, 9.17) is 0 Å². The molecule has 0 aromatic heterocycles. The van der Waals surface area contributed by atoms with Gasteiger partial charge in [0.2, 0.25) is 5.91 Å². The van der Waals surface area contributed by atoms with Gasteiger partial charge in [0.1, 0.15) is 0 Å². The Morgan fingerprint density at radius 3 is 2.89 bits per heavy atom. The normalized spacial score (nSPS) is 30.9. The fraction of sp³-hybridized carbons (Fsp3) is 0.533. The van der Waals surface area contributed by atoms with Gasteiger partial charge in [-0.3, -0.25) is 4.79 Å². The van der Waals surface area contributed by atoms with Crippen molar-refractivity contribution in [2.75, 3.05) is 13.1 Å². The second-order valence-electron chi connectivity index (χ2n) is 5.53. The van der Waals surface area contributed by atoms with Crippen LogP contribution in [-0.4, -0.2) is 31.1 Å². The molecule has 102 valence electrons. The number of rotatable bonds is 3. The Hall–Kier alpha value is -1.39. The molecule has 2 heterocycles. The predicted octanol–water partition coefficient (Wildman–Crippen LogP) is 0.814. The maximum atomic E-state index is 12.4. The van der Waals surface area contributed by atoms with Crippen LogP contribution in [0.4, 0.5) is 0 Å². The van der Waals surface area contributed by atoms with E-state index in [-0.39, 0.29) is 17.9 Å². The quantitative estimate of drug-likeness (QED) is 0.753. The van der Waals surface area contributed by atoms with Gasteiger partial charge >= 0.3 is 0 Å². The first-order chi connectivity index (χ1) is 9.25. The van der Waals surface area contributed by atoms with Crippen LogP contribution in [0.1, 0.15) is 24.9 Å². The monoisotopic (exact) mass is 259 g/mol. The highest BCUT2D eigenvalue weighted by Gasteiger charge is 2.42. The third-order valence-electron chi connectivity index (χ3n) is 4.30. The standard InChI is InChI=1S/C15H21N3O/c1-10(11-5-3-2-4-6-11)18-15(19)12-9-17-13-7-8-16-14(12)13/h2-6,10,12-14,16-17H,7-9H2,1H3,(H,18,19). The van der Waals surface area contributed by atoms with Gasteiger partial charge in [-0.2, -0.15) is 0 Å². The molecule has 4 nitrogen and oxygen atoms in total. The van der Waals surface area contributed by atoms with Crippen molar-refractivity contribution in [3.63, 3.8) is 0 Å². The van der Waals surface area contributed by atoms with Crippen LogP contribution in [0.5, 0.6) is 0 Å². The third kappa shape index (κ3) is 2.51. The maximum absolute atomic E-state index is 12.4. The van der Waals surface area contributed by atoms with Crippen molar-refractivity contribution >= 4 is 5.91 Å². The summed E-state index contributed by atoms with van der Waals surface area (Å²) in [5.74, 6) is 0.212. The number of hydrogen-bond acceptors (Lipinski definition) is 3. The third-order valence-corrected chi connectivity index (χ3v) is 4.30. The Labute approximate surface area is 114 Å². The van der Waals surface area contributed by atoms with Gasteiger partial charge in [0.05, 0.1) is 12.0 Å². The van der Waals surface area contributed by atoms with Crippen LogP contribution in [0.15, 0.2) is 30.3 Å². The average molecular weight is 259 g/mol. The molecule has 19 heavy (non-hydrogen) atoms. The molecular weight excluding hydrogens is 238 g/mol. The molecule has 0 aliphatic carbocycles. The van der Waals surface area contributed by atoms with Crippen molar-refractivity contribution in [2.45, 2.75) is 31.5 Å². The summed E-state index contributed by atoms with van der Waals surface area (Å²) in [5.41, 5.74) is 1.15. The lowest BCUT2D eigenvalue weighted by Crippen LogP contribution is -2.43. The van der Waals surface area contributed by atoms with Crippen LogP contribution < -0.4 is 16.0 Å². The molecule has 2 aliphatic rings. The summed E-state index contributed by atoms with van der Waals surface area (Å²) < 4.78 is 0. The lowest BCUT2D eigenvalue weighted by atomic mass is 9.98. The predicted molar refractivity (Wildman–Crippen MR) is 74.7 cm³/mol. The van der Waals surface area contributed by atoms with Gasteiger partial charge in [-0.05, 0) is 25.5 Å². The molecule has 2 saturated heterocycles. The number of nitrogens with one attached hydrogen (secondary N) is 3. The van der Waals surface area contributed by atoms with E-state index in [2.05, 4.69) is 28.1 Å². The Morgan fingerprint density at radius 2 is 2.11 bits per heavy atom. The fourth-order valence-corrected chi connectivity index (χ4v) is 3.19. The van der Waals surface area contributed by atoms with E-state index in [0.29, 0.717) is 12.1 Å². The topological polar surface area (TPSA) is 53.2 Å². The molecule has 1 aromatic rings. The highest BCUT2D eigenvalue weighted by atomic mass is 16.2. The smallest absolute Gasteiger partial charge is 0.226 e. The Balaban J connectivity index is 1.62. The van der Waals surface area contributed by atoms with Crippen molar-refractivity contribution < 1.29 is 4.79 Å². The molecular formula is C15H21N3O. The average Bonchev–Trinajstić information content (AvgIpc) is 3.01. The number of amides is 1. The van der Waals surface area contributed by atoms with Gasteiger partial charge in [-0.15, -0.1) is 0 Å². The van der Waals surface area contributed by atoms with Gasteiger partial charge in [-0.25, -0.2) is 0 Å². The first-order valence-corrected chi connectivity index (χ1v) is 7.08. The van der Waals surface area contributed by atoms with E-state index in [1.165, 1.54) is 0 Å². The molecule has 4 atom stereocenters. The number of benzene rings is 1. The van der Waals surface area contributed by atoms with E-state index in [1.54, 1.807) is 0 Å². The number of carbonyl (C=O) groups is 1. The van der Waals surface area contributed by atoms with Gasteiger partial charge < -0.3 is 16.0 Å². The summed E-state index contributed by atoms with van der Waals surface area (Å²) in [5, 5.41) is 10.0. The van der Waals surface area contributed by atoms with Gasteiger partial charge in [0.25, 0.3) is 0 Å². The zero-order valence-electron chi connectivity index (χ0n) is 11.2. The molecule has 1 aromatic carbocycles. The highest BCUT2D eigenvalue weighted by molar-refractivity contribution is 5.80. The van der Waals surface area contributed by atoms with Crippen molar-refractivity contribution in [1.82, 2.24) is 16.0 Å². The number of carbonyl (C=O) groups excluding carboxylic acids is 1. The lowest BCUT2D eigenvalue weighted by Gasteiger charge is -2.21. The molecule has 0 saturated carbocycles. The first-order valence-electron chi connectivity index (χ1n) is 7.08. The highest BCUT2D eigenvalue weighted by Crippen LogP contribution is 2.23. The minimum atomic E-state index is 0.0543. The molecule has 4 heteroatoms. The molecule has 3 N–H and O–H groups in total. The summed E-state index contributed by atoms with van der Waals surface area (Å²) in [4.78, 5) is 12.4. The molecule has 1 amide bonds. The fourth-order valence-electron chi connectivity index (χ4n) is 3.19. The largest absolute Gasteiger partial charge is 0.349 e. The SMILES string of the molecule is CC(NC(=O)C1CNC2CCNC21)c1ccccc1. The molecule has 2 aliphatic heterocycles. The zero-order chi connectivity index (χ0) is 13.2. The Kier molecular flexibility index (Phi) is 3.53. The molecule has 0 radical (unpaired) electrons. The Bertz CT molecular complexity index is 448. The van der Waals surface area contributed by atoms with Gasteiger partial charge in [0, 0.05) is 18.6 Å². The van der Waals surface area contributed by atoms with Crippen molar-refractivity contribution in [3.05, 3.63) is 35.9 Å². The minimum Gasteiger partial charge on any atom is -0.349 e. The van der Waals surface area contributed by atoms with Crippen LogP contribution in [0.2, 0.25) is 0 Å². The summed E-state index contributed by atoms with van der Waals surface area (Å²) >= 11 is 0. The van der Waals surface area contributed by atoms with E-state index in [0.717, 1.165) is 25.1 Å². The van der Waals surface area contributed by atoms with Gasteiger partial charge in [-0.1, -0.05) is 30.3 Å². The van der Waals surface area contributed by atoms with Crippen LogP contribution in [0, 0.1) is 5.92 Å². The Morgan fingerprint density at radius 1 is 1.32 bits per heavy atom. The molecule has 4 unspecified atom stereocenters. The first kappa shape index (κ1) is 12.6. The van der Waals surface area contributed by atoms with Crippen molar-refractivity contribution in [3.8, 4) is 0 Å². The van der Waals surface area contributed by atoms with E-state index >= 15 is 0 Å². The van der Waals surface area contributed by atoms with E-state index < -0.39 is 0 Å². The number of fused-ring (bicyclic) bond motifs is 1. The summed E-state index contributed by atoms with van der Waals surface area (Å²) in [6, 6.07) is 10.9. The summed E-state index contributed by atoms with van der Waals surface area (Å²) in [7, 11) is 0. The van der Waals surface area contributed by atoms with Gasteiger partial charge in [0.15, 0.2) is 0 Å². The molecule has 3 rings (SSSR count). The lowest BCUT2D eigenvalue weighted by molar-refractivity contribution is -0.125. The molecule has 0 bridgehead atoms. The van der Waals surface area contributed by atoms with Crippen molar-refractivity contribution in [1.29, 1.82) is 0 Å².